The van der Waals surface area contributed by atoms with Gasteiger partial charge in [0, 0.05) is 15.7 Å². The fourth-order valence-electron chi connectivity index (χ4n) is 3.73. The van der Waals surface area contributed by atoms with Crippen LogP contribution in [0.5, 0.6) is 0 Å². The maximum absolute atomic E-state index is 13.7. The predicted octanol–water partition coefficient (Wildman–Crippen LogP) is 5.69. The number of nitrogens with zero attached hydrogens (tertiary/aromatic N) is 1. The zero-order chi connectivity index (χ0) is 22.7. The van der Waals surface area contributed by atoms with Crippen LogP contribution in [0.25, 0.3) is 28.1 Å². The third-order valence-corrected chi connectivity index (χ3v) is 5.79. The number of para-hydroxylation sites is 1. The molecule has 0 saturated carbocycles. The largest absolute Gasteiger partial charge is 0.462 e. The van der Waals surface area contributed by atoms with Crippen LogP contribution in [0.15, 0.2) is 94.2 Å². The fraction of sp³-hybridized carbons (Fsp3) is 0.0769. The van der Waals surface area contributed by atoms with E-state index < -0.39 is 11.5 Å². The van der Waals surface area contributed by atoms with Crippen LogP contribution in [0.1, 0.15) is 17.3 Å². The van der Waals surface area contributed by atoms with Gasteiger partial charge in [-0.25, -0.2) is 4.79 Å². The summed E-state index contributed by atoms with van der Waals surface area (Å²) in [7, 11) is 0. The van der Waals surface area contributed by atoms with Gasteiger partial charge in [0.05, 0.1) is 17.9 Å². The van der Waals surface area contributed by atoms with Gasteiger partial charge in [0.15, 0.2) is 0 Å². The lowest BCUT2D eigenvalue weighted by Crippen LogP contribution is -2.28. The molecule has 0 unspecified atom stereocenters. The maximum atomic E-state index is 13.7. The Kier molecular flexibility index (Phi) is 6.23. The SMILES string of the molecule is CCOC(=O)c1c(-c2ccccc2Br)c(N)c(=O)n(-c2ccccc2)c1-c1ccccc1. The number of aromatic nitrogens is 1. The van der Waals surface area contributed by atoms with E-state index in [0.29, 0.717) is 32.5 Å². The molecule has 4 rings (SSSR count). The van der Waals surface area contributed by atoms with E-state index >= 15 is 0 Å². The summed E-state index contributed by atoms with van der Waals surface area (Å²) in [6, 6.07) is 25.8. The zero-order valence-corrected chi connectivity index (χ0v) is 19.0. The molecule has 160 valence electrons. The Morgan fingerprint density at radius 2 is 1.53 bits per heavy atom. The molecule has 4 aromatic rings. The summed E-state index contributed by atoms with van der Waals surface area (Å²) in [4.78, 5) is 27.1. The molecule has 3 aromatic carbocycles. The molecule has 0 aliphatic carbocycles. The lowest BCUT2D eigenvalue weighted by molar-refractivity contribution is 0.0527. The molecular weight excluding hydrogens is 468 g/mol. The quantitative estimate of drug-likeness (QED) is 0.366. The summed E-state index contributed by atoms with van der Waals surface area (Å²) in [5.41, 5.74) is 8.98. The van der Waals surface area contributed by atoms with Gasteiger partial charge in [-0.3, -0.25) is 9.36 Å². The van der Waals surface area contributed by atoms with Gasteiger partial charge in [0.1, 0.15) is 5.69 Å². The number of anilines is 1. The highest BCUT2D eigenvalue weighted by Crippen LogP contribution is 2.39. The third-order valence-electron chi connectivity index (χ3n) is 5.10. The number of hydrogen-bond acceptors (Lipinski definition) is 4. The average molecular weight is 489 g/mol. The van der Waals surface area contributed by atoms with Crippen LogP contribution in [0.3, 0.4) is 0 Å². The molecule has 0 bridgehead atoms. The van der Waals surface area contributed by atoms with E-state index in [1.165, 1.54) is 4.57 Å². The minimum absolute atomic E-state index is 0.0245. The zero-order valence-electron chi connectivity index (χ0n) is 17.4. The number of rotatable bonds is 5. The summed E-state index contributed by atoms with van der Waals surface area (Å²) >= 11 is 3.54. The Morgan fingerprint density at radius 3 is 2.16 bits per heavy atom. The maximum Gasteiger partial charge on any atom is 0.341 e. The van der Waals surface area contributed by atoms with Gasteiger partial charge in [-0.15, -0.1) is 0 Å². The number of carbonyl (C=O) groups is 1. The number of carbonyl (C=O) groups excluding carboxylic acids is 1. The fourth-order valence-corrected chi connectivity index (χ4v) is 4.22. The minimum atomic E-state index is -0.548. The first-order valence-corrected chi connectivity index (χ1v) is 10.9. The first-order valence-electron chi connectivity index (χ1n) is 10.2. The van der Waals surface area contributed by atoms with Crippen LogP contribution in [-0.2, 0) is 4.74 Å². The number of nitrogens with two attached hydrogens (primary N) is 1. The summed E-state index contributed by atoms with van der Waals surface area (Å²) in [5.74, 6) is -0.548. The second-order valence-corrected chi connectivity index (χ2v) is 7.91. The summed E-state index contributed by atoms with van der Waals surface area (Å²) in [6.45, 7) is 1.93. The topological polar surface area (TPSA) is 74.3 Å². The van der Waals surface area contributed by atoms with Gasteiger partial charge in [-0.05, 0) is 36.2 Å². The van der Waals surface area contributed by atoms with Crippen molar-refractivity contribution < 1.29 is 9.53 Å². The average Bonchev–Trinajstić information content (AvgIpc) is 2.82. The summed E-state index contributed by atoms with van der Waals surface area (Å²) < 4.78 is 7.65. The second-order valence-electron chi connectivity index (χ2n) is 7.05. The van der Waals surface area contributed by atoms with Crippen molar-refractivity contribution in [2.45, 2.75) is 6.92 Å². The lowest BCUT2D eigenvalue weighted by Gasteiger charge is -2.22. The van der Waals surface area contributed by atoms with Crippen LogP contribution in [-0.4, -0.2) is 17.1 Å². The van der Waals surface area contributed by atoms with Crippen molar-refractivity contribution in [2.75, 3.05) is 12.3 Å². The number of esters is 1. The van der Waals surface area contributed by atoms with Crippen molar-refractivity contribution in [1.29, 1.82) is 0 Å². The van der Waals surface area contributed by atoms with Crippen molar-refractivity contribution in [3.63, 3.8) is 0 Å². The molecule has 6 heteroatoms. The van der Waals surface area contributed by atoms with Gasteiger partial charge >= 0.3 is 5.97 Å². The van der Waals surface area contributed by atoms with Crippen molar-refractivity contribution >= 4 is 27.6 Å². The third kappa shape index (κ3) is 3.85. The van der Waals surface area contributed by atoms with E-state index in [-0.39, 0.29) is 17.9 Å². The normalized spacial score (nSPS) is 10.7. The Labute approximate surface area is 194 Å². The van der Waals surface area contributed by atoms with Crippen molar-refractivity contribution in [2.24, 2.45) is 0 Å². The second kappa shape index (κ2) is 9.24. The molecule has 0 aliphatic rings. The Hall–Kier alpha value is -3.64. The number of benzene rings is 3. The molecule has 1 aromatic heterocycles. The van der Waals surface area contributed by atoms with Crippen LogP contribution in [0.2, 0.25) is 0 Å². The number of nitrogen functional groups attached to an aromatic ring is 1. The molecule has 0 fully saturated rings. The van der Waals surface area contributed by atoms with Crippen LogP contribution in [0, 0.1) is 0 Å². The summed E-state index contributed by atoms with van der Waals surface area (Å²) in [5, 5.41) is 0. The van der Waals surface area contributed by atoms with E-state index in [4.69, 9.17) is 10.5 Å². The van der Waals surface area contributed by atoms with Crippen LogP contribution < -0.4 is 11.3 Å². The molecule has 0 atom stereocenters. The van der Waals surface area contributed by atoms with E-state index in [9.17, 15) is 9.59 Å². The highest BCUT2D eigenvalue weighted by Gasteiger charge is 2.29. The molecule has 5 nitrogen and oxygen atoms in total. The molecule has 1 heterocycles. The summed E-state index contributed by atoms with van der Waals surface area (Å²) in [6.07, 6.45) is 0. The predicted molar refractivity (Wildman–Crippen MR) is 131 cm³/mol. The molecular formula is C26H21BrN2O3. The number of hydrogen-bond donors (Lipinski definition) is 1. The highest BCUT2D eigenvalue weighted by atomic mass is 79.9. The molecule has 0 spiro atoms. The number of halogens is 1. The standard InChI is InChI=1S/C26H21BrN2O3/c1-2-32-26(31)22-21(19-15-9-10-16-20(19)27)23(28)25(30)29(18-13-7-4-8-14-18)24(22)17-11-5-3-6-12-17/h3-16H,2,28H2,1H3. The lowest BCUT2D eigenvalue weighted by atomic mass is 9.93. The molecule has 0 aliphatic heterocycles. The van der Waals surface area contributed by atoms with Gasteiger partial charge in [0.2, 0.25) is 0 Å². The van der Waals surface area contributed by atoms with Gasteiger partial charge in [-0.1, -0.05) is 82.7 Å². The van der Waals surface area contributed by atoms with Crippen LogP contribution in [0.4, 0.5) is 5.69 Å². The van der Waals surface area contributed by atoms with E-state index in [1.54, 1.807) is 19.1 Å². The van der Waals surface area contributed by atoms with E-state index in [1.807, 2.05) is 72.8 Å². The number of pyridine rings is 1. The highest BCUT2D eigenvalue weighted by molar-refractivity contribution is 9.10. The molecule has 0 radical (unpaired) electrons. The van der Waals surface area contributed by atoms with Crippen LogP contribution >= 0.6 is 15.9 Å². The van der Waals surface area contributed by atoms with Crippen molar-refractivity contribution in [1.82, 2.24) is 4.57 Å². The molecule has 0 saturated heterocycles. The first-order chi connectivity index (χ1) is 15.5. The first kappa shape index (κ1) is 21.6. The molecule has 2 N–H and O–H groups in total. The minimum Gasteiger partial charge on any atom is -0.462 e. The Morgan fingerprint density at radius 1 is 0.938 bits per heavy atom. The Bertz CT molecular complexity index is 1330. The van der Waals surface area contributed by atoms with E-state index in [2.05, 4.69) is 15.9 Å². The smallest absolute Gasteiger partial charge is 0.341 e. The van der Waals surface area contributed by atoms with Crippen molar-refractivity contribution in [3.8, 4) is 28.1 Å². The van der Waals surface area contributed by atoms with Gasteiger partial charge in [0.25, 0.3) is 5.56 Å². The number of ether oxygens (including phenoxy) is 1. The van der Waals surface area contributed by atoms with Gasteiger partial charge in [-0.2, -0.15) is 0 Å². The van der Waals surface area contributed by atoms with E-state index in [0.717, 1.165) is 0 Å². The Balaban J connectivity index is 2.24. The molecule has 0 amide bonds. The van der Waals surface area contributed by atoms with Crippen molar-refractivity contribution in [3.05, 3.63) is 105 Å². The monoisotopic (exact) mass is 488 g/mol. The molecule has 32 heavy (non-hydrogen) atoms. The van der Waals surface area contributed by atoms with Gasteiger partial charge < -0.3 is 10.5 Å².